The van der Waals surface area contributed by atoms with Crippen LogP contribution >= 0.6 is 0 Å². The van der Waals surface area contributed by atoms with Crippen LogP contribution in [0.25, 0.3) is 0 Å². The Bertz CT molecular complexity index is 497. The maximum absolute atomic E-state index is 9.99. The normalized spacial score (nSPS) is 14.3. The summed E-state index contributed by atoms with van der Waals surface area (Å²) in [5.74, 6) is 0.617. The van der Waals surface area contributed by atoms with Crippen LogP contribution in [0, 0.1) is 6.92 Å². The number of furan rings is 1. The van der Waals surface area contributed by atoms with E-state index in [9.17, 15) is 5.11 Å². The molecule has 0 spiro atoms. The van der Waals surface area contributed by atoms with Crippen LogP contribution in [-0.2, 0) is 6.54 Å². The molecule has 2 aromatic heterocycles. The average molecular weight is 260 g/mol. The number of aliphatic hydroxyl groups is 1. The largest absolute Gasteiger partial charge is 0.467 e. The van der Waals surface area contributed by atoms with E-state index in [4.69, 9.17) is 4.42 Å². The minimum Gasteiger partial charge on any atom is -0.467 e. The van der Waals surface area contributed by atoms with E-state index in [1.54, 1.807) is 24.6 Å². The fraction of sp³-hybridized carbons (Fsp3) is 0.400. The maximum atomic E-state index is 9.99. The number of aromatic nitrogens is 1. The molecule has 0 amide bonds. The van der Waals surface area contributed by atoms with E-state index < -0.39 is 6.10 Å². The number of pyridine rings is 1. The molecule has 2 atom stereocenters. The van der Waals surface area contributed by atoms with Crippen molar-refractivity contribution >= 4 is 0 Å². The number of aliphatic hydroxyl groups excluding tert-OH is 1. The zero-order chi connectivity index (χ0) is 13.7. The Morgan fingerprint density at radius 2 is 2.21 bits per heavy atom. The third-order valence-electron chi connectivity index (χ3n) is 3.21. The van der Waals surface area contributed by atoms with Crippen molar-refractivity contribution < 1.29 is 9.52 Å². The van der Waals surface area contributed by atoms with Crippen LogP contribution in [0.4, 0.5) is 0 Å². The van der Waals surface area contributed by atoms with Crippen molar-refractivity contribution in [3.8, 4) is 0 Å². The third kappa shape index (κ3) is 3.91. The zero-order valence-corrected chi connectivity index (χ0v) is 11.3. The van der Waals surface area contributed by atoms with Gasteiger partial charge in [0.05, 0.1) is 6.26 Å². The second-order valence-corrected chi connectivity index (χ2v) is 4.80. The van der Waals surface area contributed by atoms with Gasteiger partial charge in [0.2, 0.25) is 0 Å². The highest BCUT2D eigenvalue weighted by Crippen LogP contribution is 2.18. The molecule has 2 rings (SSSR count). The summed E-state index contributed by atoms with van der Waals surface area (Å²) in [7, 11) is 0. The molecule has 2 N–H and O–H groups in total. The van der Waals surface area contributed by atoms with E-state index in [2.05, 4.69) is 23.3 Å². The summed E-state index contributed by atoms with van der Waals surface area (Å²) in [6.07, 6.45) is 3.43. The minimum atomic E-state index is -0.563. The fourth-order valence-corrected chi connectivity index (χ4v) is 2.00. The van der Waals surface area contributed by atoms with Gasteiger partial charge in [0.1, 0.15) is 11.9 Å². The lowest BCUT2D eigenvalue weighted by Gasteiger charge is -2.17. The molecule has 4 nitrogen and oxygen atoms in total. The number of aryl methyl sites for hydroxylation is 1. The Kier molecular flexibility index (Phi) is 4.71. The zero-order valence-electron chi connectivity index (χ0n) is 11.3. The van der Waals surface area contributed by atoms with Gasteiger partial charge < -0.3 is 14.8 Å². The summed E-state index contributed by atoms with van der Waals surface area (Å²) in [5.41, 5.74) is 2.22. The highest BCUT2D eigenvalue weighted by atomic mass is 16.4. The Hall–Kier alpha value is -1.65. The minimum absolute atomic E-state index is 0.194. The molecule has 4 heteroatoms. The molecular formula is C15H20N2O2. The second kappa shape index (κ2) is 6.50. The molecule has 2 aromatic rings. The first-order valence-electron chi connectivity index (χ1n) is 6.52. The van der Waals surface area contributed by atoms with E-state index >= 15 is 0 Å². The van der Waals surface area contributed by atoms with Crippen molar-refractivity contribution in [3.63, 3.8) is 0 Å². The predicted molar refractivity (Wildman–Crippen MR) is 73.6 cm³/mol. The fourth-order valence-electron chi connectivity index (χ4n) is 2.00. The van der Waals surface area contributed by atoms with E-state index in [1.807, 2.05) is 13.0 Å². The molecule has 0 saturated carbocycles. The number of nitrogens with zero attached hydrogens (tertiary/aromatic N) is 1. The molecule has 19 heavy (non-hydrogen) atoms. The Morgan fingerprint density at radius 1 is 1.37 bits per heavy atom. The topological polar surface area (TPSA) is 58.3 Å². The van der Waals surface area contributed by atoms with Crippen molar-refractivity contribution in [3.05, 3.63) is 53.7 Å². The van der Waals surface area contributed by atoms with E-state index in [1.165, 1.54) is 5.56 Å². The SMILES string of the molecule is Cc1ncccc1CNC(C)CC(O)c1ccco1. The summed E-state index contributed by atoms with van der Waals surface area (Å²) in [5, 5.41) is 13.4. The third-order valence-corrected chi connectivity index (χ3v) is 3.21. The van der Waals surface area contributed by atoms with Gasteiger partial charge >= 0.3 is 0 Å². The van der Waals surface area contributed by atoms with Gasteiger partial charge in [-0.15, -0.1) is 0 Å². The van der Waals surface area contributed by atoms with Crippen molar-refractivity contribution in [2.75, 3.05) is 0 Å². The van der Waals surface area contributed by atoms with E-state index in [0.717, 1.165) is 12.2 Å². The first-order chi connectivity index (χ1) is 9.16. The van der Waals surface area contributed by atoms with Crippen molar-refractivity contribution in [1.82, 2.24) is 10.3 Å². The second-order valence-electron chi connectivity index (χ2n) is 4.80. The predicted octanol–water partition coefficient (Wildman–Crippen LogP) is 2.58. The Balaban J connectivity index is 1.82. The molecule has 0 bridgehead atoms. The van der Waals surface area contributed by atoms with E-state index in [0.29, 0.717) is 12.2 Å². The van der Waals surface area contributed by atoms with Gasteiger partial charge in [0.25, 0.3) is 0 Å². The van der Waals surface area contributed by atoms with Gasteiger partial charge in [0.15, 0.2) is 0 Å². The van der Waals surface area contributed by atoms with Crippen LogP contribution < -0.4 is 5.32 Å². The molecule has 0 fully saturated rings. The van der Waals surface area contributed by atoms with Crippen LogP contribution in [0.15, 0.2) is 41.1 Å². The molecule has 0 aliphatic heterocycles. The van der Waals surface area contributed by atoms with Gasteiger partial charge in [-0.25, -0.2) is 0 Å². The highest BCUT2D eigenvalue weighted by Gasteiger charge is 2.14. The highest BCUT2D eigenvalue weighted by molar-refractivity contribution is 5.17. The smallest absolute Gasteiger partial charge is 0.132 e. The van der Waals surface area contributed by atoms with Crippen molar-refractivity contribution in [1.29, 1.82) is 0 Å². The average Bonchev–Trinajstić information content (AvgIpc) is 2.91. The van der Waals surface area contributed by atoms with Crippen molar-refractivity contribution in [2.45, 2.75) is 39.0 Å². The van der Waals surface area contributed by atoms with Crippen LogP contribution in [-0.4, -0.2) is 16.1 Å². The van der Waals surface area contributed by atoms with Gasteiger partial charge in [-0.2, -0.15) is 0 Å². The first kappa shape index (κ1) is 13.8. The number of nitrogens with one attached hydrogen (secondary N) is 1. The Labute approximate surface area is 113 Å². The van der Waals surface area contributed by atoms with Crippen LogP contribution in [0.5, 0.6) is 0 Å². The van der Waals surface area contributed by atoms with Gasteiger partial charge in [-0.05, 0) is 44.0 Å². The van der Waals surface area contributed by atoms with E-state index in [-0.39, 0.29) is 6.04 Å². The molecule has 0 saturated heterocycles. The molecule has 2 unspecified atom stereocenters. The van der Waals surface area contributed by atoms with Gasteiger partial charge in [-0.1, -0.05) is 6.07 Å². The molecule has 0 aromatic carbocycles. The molecule has 2 heterocycles. The summed E-state index contributed by atoms with van der Waals surface area (Å²) in [4.78, 5) is 4.25. The first-order valence-corrected chi connectivity index (χ1v) is 6.52. The molecule has 0 aliphatic carbocycles. The van der Waals surface area contributed by atoms with Crippen LogP contribution in [0.1, 0.15) is 36.5 Å². The lowest BCUT2D eigenvalue weighted by Crippen LogP contribution is -2.27. The molecular weight excluding hydrogens is 240 g/mol. The number of hydrogen-bond acceptors (Lipinski definition) is 4. The summed E-state index contributed by atoms with van der Waals surface area (Å²) in [6, 6.07) is 7.77. The summed E-state index contributed by atoms with van der Waals surface area (Å²) in [6.45, 7) is 4.81. The van der Waals surface area contributed by atoms with Gasteiger partial charge in [0, 0.05) is 24.5 Å². The molecule has 0 radical (unpaired) electrons. The molecule has 0 aliphatic rings. The monoisotopic (exact) mass is 260 g/mol. The maximum Gasteiger partial charge on any atom is 0.132 e. The number of hydrogen-bond donors (Lipinski definition) is 2. The van der Waals surface area contributed by atoms with Crippen LogP contribution in [0.3, 0.4) is 0 Å². The summed E-state index contributed by atoms with van der Waals surface area (Å²) >= 11 is 0. The lowest BCUT2D eigenvalue weighted by molar-refractivity contribution is 0.128. The number of rotatable bonds is 6. The van der Waals surface area contributed by atoms with Gasteiger partial charge in [-0.3, -0.25) is 4.98 Å². The quantitative estimate of drug-likeness (QED) is 0.838. The molecule has 102 valence electrons. The Morgan fingerprint density at radius 3 is 2.89 bits per heavy atom. The lowest BCUT2D eigenvalue weighted by atomic mass is 10.1. The summed E-state index contributed by atoms with van der Waals surface area (Å²) < 4.78 is 5.19. The van der Waals surface area contributed by atoms with Crippen LogP contribution in [0.2, 0.25) is 0 Å². The van der Waals surface area contributed by atoms with Crippen molar-refractivity contribution in [2.24, 2.45) is 0 Å². The standard InChI is InChI=1S/C15H20N2O2/c1-11(9-14(18)15-6-4-8-19-15)17-10-13-5-3-7-16-12(13)2/h3-8,11,14,17-18H,9-10H2,1-2H3.